The van der Waals surface area contributed by atoms with Gasteiger partial charge in [0.05, 0.1) is 25.3 Å². The van der Waals surface area contributed by atoms with Gasteiger partial charge < -0.3 is 20.9 Å². The van der Waals surface area contributed by atoms with E-state index in [-0.39, 0.29) is 31.1 Å². The molecule has 1 amide bonds. The summed E-state index contributed by atoms with van der Waals surface area (Å²) in [5.41, 5.74) is 5.62. The van der Waals surface area contributed by atoms with Crippen LogP contribution in [0, 0.1) is 5.92 Å². The quantitative estimate of drug-likeness (QED) is 0.523. The van der Waals surface area contributed by atoms with Crippen molar-refractivity contribution in [1.82, 2.24) is 5.32 Å². The van der Waals surface area contributed by atoms with Gasteiger partial charge in [0.2, 0.25) is 5.91 Å². The van der Waals surface area contributed by atoms with Gasteiger partial charge in [0, 0.05) is 7.11 Å². The van der Waals surface area contributed by atoms with Crippen LogP contribution < -0.4 is 11.1 Å². The highest BCUT2D eigenvalue weighted by Crippen LogP contribution is 1.98. The van der Waals surface area contributed by atoms with Crippen LogP contribution in [0.25, 0.3) is 0 Å². The highest BCUT2D eigenvalue weighted by molar-refractivity contribution is 5.82. The number of amides is 1. The Labute approximate surface area is 84.6 Å². The number of methoxy groups -OCH3 is 1. The van der Waals surface area contributed by atoms with Gasteiger partial charge in [0.15, 0.2) is 0 Å². The fourth-order valence-corrected chi connectivity index (χ4v) is 0.941. The average molecular weight is 204 g/mol. The number of hydrogen-bond donors (Lipinski definition) is 3. The van der Waals surface area contributed by atoms with E-state index >= 15 is 0 Å². The summed E-state index contributed by atoms with van der Waals surface area (Å²) >= 11 is 0. The zero-order valence-corrected chi connectivity index (χ0v) is 8.99. The Morgan fingerprint density at radius 3 is 2.50 bits per heavy atom. The fourth-order valence-electron chi connectivity index (χ4n) is 0.941. The van der Waals surface area contributed by atoms with E-state index in [9.17, 15) is 4.79 Å². The third-order valence-electron chi connectivity index (χ3n) is 1.96. The van der Waals surface area contributed by atoms with E-state index in [1.807, 2.05) is 13.8 Å². The minimum absolute atomic E-state index is 0.0805. The molecule has 84 valence electrons. The normalized spacial score (nSPS) is 15.3. The molecule has 0 spiro atoms. The Bertz CT molecular complexity index is 173. The maximum Gasteiger partial charge on any atom is 0.237 e. The number of hydrogen-bond acceptors (Lipinski definition) is 4. The van der Waals surface area contributed by atoms with Gasteiger partial charge in [-0.25, -0.2) is 0 Å². The lowest BCUT2D eigenvalue weighted by atomic mass is 10.0. The Morgan fingerprint density at radius 1 is 1.57 bits per heavy atom. The first kappa shape index (κ1) is 13.4. The number of aliphatic hydroxyl groups excluding tert-OH is 1. The van der Waals surface area contributed by atoms with Gasteiger partial charge in [-0.05, 0) is 5.92 Å². The molecule has 2 atom stereocenters. The highest BCUT2D eigenvalue weighted by Gasteiger charge is 2.19. The maximum absolute atomic E-state index is 11.4. The first-order chi connectivity index (χ1) is 6.52. The molecule has 0 fully saturated rings. The predicted molar refractivity (Wildman–Crippen MR) is 53.7 cm³/mol. The summed E-state index contributed by atoms with van der Waals surface area (Å²) in [5.74, 6) is -0.173. The summed E-state index contributed by atoms with van der Waals surface area (Å²) in [5, 5.41) is 11.5. The Balaban J connectivity index is 4.01. The Hall–Kier alpha value is -0.650. The van der Waals surface area contributed by atoms with Crippen LogP contribution in [0.15, 0.2) is 0 Å². The van der Waals surface area contributed by atoms with Crippen molar-refractivity contribution in [2.45, 2.75) is 25.9 Å². The first-order valence-electron chi connectivity index (χ1n) is 4.68. The van der Waals surface area contributed by atoms with Crippen molar-refractivity contribution in [2.75, 3.05) is 20.3 Å². The van der Waals surface area contributed by atoms with E-state index in [0.29, 0.717) is 0 Å². The van der Waals surface area contributed by atoms with E-state index < -0.39 is 6.04 Å². The molecule has 0 aromatic rings. The van der Waals surface area contributed by atoms with Crippen LogP contribution in [0.3, 0.4) is 0 Å². The molecule has 0 heterocycles. The lowest BCUT2D eigenvalue weighted by molar-refractivity contribution is -0.124. The Kier molecular flexibility index (Phi) is 6.44. The summed E-state index contributed by atoms with van der Waals surface area (Å²) in [6.07, 6.45) is 0. The fraction of sp³-hybridized carbons (Fsp3) is 0.889. The minimum atomic E-state index is -0.541. The number of aliphatic hydroxyl groups is 1. The lowest BCUT2D eigenvalue weighted by Crippen LogP contribution is -2.50. The summed E-state index contributed by atoms with van der Waals surface area (Å²) in [6, 6.07) is -0.918. The third-order valence-corrected chi connectivity index (χ3v) is 1.96. The summed E-state index contributed by atoms with van der Waals surface area (Å²) in [6.45, 7) is 3.88. The average Bonchev–Trinajstić information content (AvgIpc) is 2.15. The van der Waals surface area contributed by atoms with E-state index in [1.165, 1.54) is 7.11 Å². The van der Waals surface area contributed by atoms with E-state index in [2.05, 4.69) is 5.32 Å². The molecule has 0 saturated carbocycles. The molecule has 5 heteroatoms. The van der Waals surface area contributed by atoms with Gasteiger partial charge in [-0.3, -0.25) is 4.79 Å². The standard InChI is InChI=1S/C9H20N2O3/c1-6(2)8(10)9(13)11-7(4-12)5-14-3/h6-8,12H,4-5,10H2,1-3H3,(H,11,13)/t7?,8-/m1/s1. The van der Waals surface area contributed by atoms with Gasteiger partial charge in [-0.1, -0.05) is 13.8 Å². The van der Waals surface area contributed by atoms with Crippen LogP contribution in [-0.2, 0) is 9.53 Å². The minimum Gasteiger partial charge on any atom is -0.394 e. The van der Waals surface area contributed by atoms with Crippen LogP contribution in [0.5, 0.6) is 0 Å². The van der Waals surface area contributed by atoms with Crippen molar-refractivity contribution in [2.24, 2.45) is 11.7 Å². The first-order valence-corrected chi connectivity index (χ1v) is 4.68. The molecule has 0 aromatic carbocycles. The molecule has 1 unspecified atom stereocenters. The number of nitrogens with two attached hydrogens (primary N) is 1. The van der Waals surface area contributed by atoms with E-state index in [1.54, 1.807) is 0 Å². The van der Waals surface area contributed by atoms with Gasteiger partial charge in [0.1, 0.15) is 0 Å². The number of carbonyl (C=O) groups excluding carboxylic acids is 1. The number of carbonyl (C=O) groups is 1. The topological polar surface area (TPSA) is 84.6 Å². The smallest absolute Gasteiger partial charge is 0.237 e. The highest BCUT2D eigenvalue weighted by atomic mass is 16.5. The molecule has 5 nitrogen and oxygen atoms in total. The monoisotopic (exact) mass is 204 g/mol. The van der Waals surface area contributed by atoms with Crippen molar-refractivity contribution in [1.29, 1.82) is 0 Å². The Morgan fingerprint density at radius 2 is 2.14 bits per heavy atom. The molecule has 0 aromatic heterocycles. The molecule has 0 aliphatic heterocycles. The molecular formula is C9H20N2O3. The molecule has 0 saturated heterocycles. The second kappa shape index (κ2) is 6.75. The van der Waals surface area contributed by atoms with Gasteiger partial charge >= 0.3 is 0 Å². The van der Waals surface area contributed by atoms with Crippen molar-refractivity contribution in [3.05, 3.63) is 0 Å². The van der Waals surface area contributed by atoms with Gasteiger partial charge in [-0.2, -0.15) is 0 Å². The van der Waals surface area contributed by atoms with E-state index in [4.69, 9.17) is 15.6 Å². The second-order valence-electron chi connectivity index (χ2n) is 3.61. The maximum atomic E-state index is 11.4. The van der Waals surface area contributed by atoms with Crippen LogP contribution in [0.1, 0.15) is 13.8 Å². The van der Waals surface area contributed by atoms with Crippen LogP contribution >= 0.6 is 0 Å². The lowest BCUT2D eigenvalue weighted by Gasteiger charge is -2.20. The molecule has 0 aliphatic rings. The molecule has 0 rings (SSSR count). The SMILES string of the molecule is COCC(CO)NC(=O)[C@H](N)C(C)C. The van der Waals surface area contributed by atoms with Gasteiger partial charge in [0.25, 0.3) is 0 Å². The van der Waals surface area contributed by atoms with Crippen molar-refractivity contribution in [3.63, 3.8) is 0 Å². The van der Waals surface area contributed by atoms with Crippen molar-refractivity contribution in [3.8, 4) is 0 Å². The molecule has 4 N–H and O–H groups in total. The van der Waals surface area contributed by atoms with Crippen molar-refractivity contribution < 1.29 is 14.6 Å². The molecular weight excluding hydrogens is 184 g/mol. The third kappa shape index (κ3) is 4.55. The molecule has 0 bridgehead atoms. The predicted octanol–water partition coefficient (Wildman–Crippen LogP) is -0.907. The van der Waals surface area contributed by atoms with Crippen LogP contribution in [0.2, 0.25) is 0 Å². The largest absolute Gasteiger partial charge is 0.394 e. The number of rotatable bonds is 6. The second-order valence-corrected chi connectivity index (χ2v) is 3.61. The van der Waals surface area contributed by atoms with E-state index in [0.717, 1.165) is 0 Å². The molecule has 0 aliphatic carbocycles. The number of nitrogens with one attached hydrogen (secondary N) is 1. The van der Waals surface area contributed by atoms with Crippen LogP contribution in [-0.4, -0.2) is 43.4 Å². The number of ether oxygens (including phenoxy) is 1. The zero-order chi connectivity index (χ0) is 11.1. The van der Waals surface area contributed by atoms with Crippen molar-refractivity contribution >= 4 is 5.91 Å². The van der Waals surface area contributed by atoms with Gasteiger partial charge in [-0.15, -0.1) is 0 Å². The summed E-state index contributed by atoms with van der Waals surface area (Å²) in [7, 11) is 1.51. The summed E-state index contributed by atoms with van der Waals surface area (Å²) < 4.78 is 4.82. The zero-order valence-electron chi connectivity index (χ0n) is 8.99. The summed E-state index contributed by atoms with van der Waals surface area (Å²) in [4.78, 5) is 11.4. The van der Waals surface area contributed by atoms with Crippen LogP contribution in [0.4, 0.5) is 0 Å². The molecule has 14 heavy (non-hydrogen) atoms. The molecule has 0 radical (unpaired) electrons.